The first-order chi connectivity index (χ1) is 10.1. The van der Waals surface area contributed by atoms with Crippen LogP contribution in [0.4, 0.5) is 10.5 Å². The van der Waals surface area contributed by atoms with E-state index in [9.17, 15) is 9.59 Å². The van der Waals surface area contributed by atoms with Crippen molar-refractivity contribution >= 4 is 17.6 Å². The van der Waals surface area contributed by atoms with Gasteiger partial charge in [0.05, 0.1) is 5.56 Å². The maximum Gasteiger partial charge on any atom is 0.321 e. The lowest BCUT2D eigenvalue weighted by atomic mass is 10.1. The SMILES string of the molecule is Cc1ccccc1CNC(=O)NC(=O)c1ccccc1N. The second kappa shape index (κ2) is 6.56. The molecule has 0 aliphatic heterocycles. The summed E-state index contributed by atoms with van der Waals surface area (Å²) in [6, 6.07) is 13.8. The van der Waals surface area contributed by atoms with Crippen LogP contribution in [0.5, 0.6) is 0 Å². The highest BCUT2D eigenvalue weighted by atomic mass is 16.2. The number of carbonyl (C=O) groups excluding carboxylic acids is 2. The molecule has 3 amide bonds. The number of rotatable bonds is 3. The smallest absolute Gasteiger partial charge is 0.321 e. The highest BCUT2D eigenvalue weighted by Crippen LogP contribution is 2.10. The van der Waals surface area contributed by atoms with Gasteiger partial charge in [-0.3, -0.25) is 10.1 Å². The van der Waals surface area contributed by atoms with E-state index < -0.39 is 11.9 Å². The summed E-state index contributed by atoms with van der Waals surface area (Å²) in [7, 11) is 0. The van der Waals surface area contributed by atoms with E-state index in [2.05, 4.69) is 10.6 Å². The molecule has 5 heteroatoms. The zero-order valence-corrected chi connectivity index (χ0v) is 11.7. The lowest BCUT2D eigenvalue weighted by Gasteiger charge is -2.09. The van der Waals surface area contributed by atoms with Crippen molar-refractivity contribution < 1.29 is 9.59 Å². The molecule has 0 bridgehead atoms. The Bertz CT molecular complexity index is 668. The van der Waals surface area contributed by atoms with Gasteiger partial charge in [0, 0.05) is 12.2 Å². The van der Waals surface area contributed by atoms with E-state index in [0.717, 1.165) is 11.1 Å². The van der Waals surface area contributed by atoms with Gasteiger partial charge in [-0.2, -0.15) is 0 Å². The number of carbonyl (C=O) groups is 2. The molecule has 0 unspecified atom stereocenters. The number of anilines is 1. The normalized spacial score (nSPS) is 9.95. The van der Waals surface area contributed by atoms with Crippen LogP contribution in [-0.2, 0) is 6.54 Å². The number of nitrogen functional groups attached to an aromatic ring is 1. The van der Waals surface area contributed by atoms with Crippen LogP contribution in [0.25, 0.3) is 0 Å². The van der Waals surface area contributed by atoms with E-state index in [1.807, 2.05) is 31.2 Å². The number of hydrogen-bond donors (Lipinski definition) is 3. The number of para-hydroxylation sites is 1. The highest BCUT2D eigenvalue weighted by Gasteiger charge is 2.12. The molecule has 0 fully saturated rings. The maximum absolute atomic E-state index is 11.9. The van der Waals surface area contributed by atoms with Gasteiger partial charge in [0.2, 0.25) is 0 Å². The molecular weight excluding hydrogens is 266 g/mol. The molecule has 0 atom stereocenters. The average molecular weight is 283 g/mol. The van der Waals surface area contributed by atoms with Gasteiger partial charge in [-0.15, -0.1) is 0 Å². The van der Waals surface area contributed by atoms with Crippen LogP contribution in [0.1, 0.15) is 21.5 Å². The monoisotopic (exact) mass is 283 g/mol. The van der Waals surface area contributed by atoms with Crippen LogP contribution in [0.3, 0.4) is 0 Å². The molecule has 0 heterocycles. The van der Waals surface area contributed by atoms with Gasteiger partial charge in [-0.25, -0.2) is 4.79 Å². The number of benzene rings is 2. The lowest BCUT2D eigenvalue weighted by molar-refractivity contribution is 0.0965. The van der Waals surface area contributed by atoms with Gasteiger partial charge in [0.1, 0.15) is 0 Å². The van der Waals surface area contributed by atoms with E-state index in [4.69, 9.17) is 5.73 Å². The predicted octanol–water partition coefficient (Wildman–Crippen LogP) is 2.22. The summed E-state index contributed by atoms with van der Waals surface area (Å²) in [6.07, 6.45) is 0. The Kier molecular flexibility index (Phi) is 4.56. The maximum atomic E-state index is 11.9. The number of urea groups is 1. The lowest BCUT2D eigenvalue weighted by Crippen LogP contribution is -2.39. The molecule has 21 heavy (non-hydrogen) atoms. The van der Waals surface area contributed by atoms with Gasteiger partial charge >= 0.3 is 6.03 Å². The summed E-state index contributed by atoms with van der Waals surface area (Å²) in [5.74, 6) is -0.518. The molecule has 2 aromatic rings. The molecular formula is C16H17N3O2. The Hall–Kier alpha value is -2.82. The first kappa shape index (κ1) is 14.6. The van der Waals surface area contributed by atoms with Crippen LogP contribution >= 0.6 is 0 Å². The van der Waals surface area contributed by atoms with Crippen molar-refractivity contribution in [1.82, 2.24) is 10.6 Å². The molecule has 2 rings (SSSR count). The fourth-order valence-corrected chi connectivity index (χ4v) is 1.90. The molecule has 2 aromatic carbocycles. The molecule has 0 spiro atoms. The quantitative estimate of drug-likeness (QED) is 0.755. The molecule has 4 N–H and O–H groups in total. The van der Waals surface area contributed by atoms with E-state index in [1.165, 1.54) is 0 Å². The van der Waals surface area contributed by atoms with E-state index >= 15 is 0 Å². The minimum atomic E-state index is -0.550. The zero-order valence-electron chi connectivity index (χ0n) is 11.7. The number of amides is 3. The number of hydrogen-bond acceptors (Lipinski definition) is 3. The van der Waals surface area contributed by atoms with E-state index in [0.29, 0.717) is 12.2 Å². The molecule has 0 saturated heterocycles. The molecule has 5 nitrogen and oxygen atoms in total. The van der Waals surface area contributed by atoms with Crippen LogP contribution in [0.2, 0.25) is 0 Å². The molecule has 0 aromatic heterocycles. The van der Waals surface area contributed by atoms with Gasteiger partial charge in [-0.1, -0.05) is 36.4 Å². The molecule has 0 radical (unpaired) electrons. The van der Waals surface area contributed by atoms with Crippen molar-refractivity contribution in [2.24, 2.45) is 0 Å². The number of nitrogens with two attached hydrogens (primary N) is 1. The third-order valence-electron chi connectivity index (χ3n) is 3.13. The van der Waals surface area contributed by atoms with Crippen molar-refractivity contribution in [3.63, 3.8) is 0 Å². The van der Waals surface area contributed by atoms with Gasteiger partial charge in [-0.05, 0) is 30.2 Å². The third kappa shape index (κ3) is 3.82. The fourth-order valence-electron chi connectivity index (χ4n) is 1.90. The highest BCUT2D eigenvalue weighted by molar-refractivity contribution is 6.07. The number of aryl methyl sites for hydroxylation is 1. The summed E-state index contributed by atoms with van der Waals surface area (Å²) in [4.78, 5) is 23.6. The zero-order chi connectivity index (χ0) is 15.2. The second-order valence-electron chi connectivity index (χ2n) is 4.65. The van der Waals surface area contributed by atoms with Crippen LogP contribution < -0.4 is 16.4 Å². The second-order valence-corrected chi connectivity index (χ2v) is 4.65. The van der Waals surface area contributed by atoms with Gasteiger partial charge in [0.25, 0.3) is 5.91 Å². The summed E-state index contributed by atoms with van der Waals surface area (Å²) in [6.45, 7) is 2.32. The molecule has 0 aliphatic carbocycles. The van der Waals surface area contributed by atoms with Gasteiger partial charge < -0.3 is 11.1 Å². The summed E-state index contributed by atoms with van der Waals surface area (Å²) >= 11 is 0. The molecule has 0 aliphatic rings. The van der Waals surface area contributed by atoms with Crippen molar-refractivity contribution in [3.8, 4) is 0 Å². The van der Waals surface area contributed by atoms with Crippen LogP contribution in [0.15, 0.2) is 48.5 Å². The summed E-state index contributed by atoms with van der Waals surface area (Å²) in [5, 5.41) is 4.91. The van der Waals surface area contributed by atoms with Crippen molar-refractivity contribution in [2.45, 2.75) is 13.5 Å². The summed E-state index contributed by atoms with van der Waals surface area (Å²) < 4.78 is 0. The van der Waals surface area contributed by atoms with E-state index in [-0.39, 0.29) is 5.56 Å². The average Bonchev–Trinajstić information content (AvgIpc) is 2.46. The first-order valence-electron chi connectivity index (χ1n) is 6.56. The Labute approximate surface area is 123 Å². The Morgan fingerprint density at radius 1 is 1.05 bits per heavy atom. The number of imide groups is 1. The van der Waals surface area contributed by atoms with Crippen LogP contribution in [0, 0.1) is 6.92 Å². The van der Waals surface area contributed by atoms with E-state index in [1.54, 1.807) is 24.3 Å². The molecule has 0 saturated carbocycles. The fraction of sp³-hybridized carbons (Fsp3) is 0.125. The third-order valence-corrected chi connectivity index (χ3v) is 3.13. The van der Waals surface area contributed by atoms with Crippen molar-refractivity contribution in [1.29, 1.82) is 0 Å². The Morgan fingerprint density at radius 3 is 2.43 bits per heavy atom. The predicted molar refractivity (Wildman–Crippen MR) is 81.7 cm³/mol. The van der Waals surface area contributed by atoms with Crippen molar-refractivity contribution in [3.05, 3.63) is 65.2 Å². The first-order valence-corrected chi connectivity index (χ1v) is 6.56. The minimum absolute atomic E-state index is 0.281. The van der Waals surface area contributed by atoms with Crippen molar-refractivity contribution in [2.75, 3.05) is 5.73 Å². The summed E-state index contributed by atoms with van der Waals surface area (Å²) in [5.41, 5.74) is 8.38. The molecule has 108 valence electrons. The minimum Gasteiger partial charge on any atom is -0.398 e. The topological polar surface area (TPSA) is 84.2 Å². The van der Waals surface area contributed by atoms with Crippen LogP contribution in [-0.4, -0.2) is 11.9 Å². The largest absolute Gasteiger partial charge is 0.398 e. The van der Waals surface area contributed by atoms with Gasteiger partial charge in [0.15, 0.2) is 0 Å². The number of nitrogens with one attached hydrogen (secondary N) is 2. The Balaban J connectivity index is 1.92. The standard InChI is InChI=1S/C16H17N3O2/c1-11-6-2-3-7-12(11)10-18-16(21)19-15(20)13-8-4-5-9-14(13)17/h2-9H,10,17H2,1H3,(H2,18,19,20,21). The Morgan fingerprint density at radius 2 is 1.71 bits per heavy atom.